The minimum atomic E-state index is -1.36. The molecular weight excluding hydrogens is 286 g/mol. The molecule has 0 spiro atoms. The summed E-state index contributed by atoms with van der Waals surface area (Å²) in [5, 5.41) is 11.0. The zero-order valence-electron chi connectivity index (χ0n) is 10.9. The molecule has 0 aromatic heterocycles. The molecule has 4 N–H and O–H groups in total. The summed E-state index contributed by atoms with van der Waals surface area (Å²) in [7, 11) is 0. The number of nitrogens with two attached hydrogens (primary N) is 1. The third-order valence-corrected chi connectivity index (χ3v) is 2.71. The Balaban J connectivity index is 2.70. The molecule has 0 heterocycles. The van der Waals surface area contributed by atoms with Gasteiger partial charge in [0.2, 0.25) is 11.8 Å². The lowest BCUT2D eigenvalue weighted by Gasteiger charge is -2.14. The van der Waals surface area contributed by atoms with E-state index in [2.05, 4.69) is 5.32 Å². The SMILES string of the molecule is NC(=O)CC[C@@H](NC(=O)Cc1c(F)cccc1F)C(=O)O. The topological polar surface area (TPSA) is 109 Å². The lowest BCUT2D eigenvalue weighted by atomic mass is 10.1. The van der Waals surface area contributed by atoms with Gasteiger partial charge in [-0.3, -0.25) is 9.59 Å². The number of carbonyl (C=O) groups excluding carboxylic acids is 2. The van der Waals surface area contributed by atoms with Crippen molar-refractivity contribution >= 4 is 17.8 Å². The first kappa shape index (κ1) is 16.5. The molecule has 8 heteroatoms. The molecule has 0 aliphatic heterocycles. The summed E-state index contributed by atoms with van der Waals surface area (Å²) in [6, 6.07) is 1.79. The number of rotatable bonds is 7. The normalized spacial score (nSPS) is 11.7. The van der Waals surface area contributed by atoms with E-state index >= 15 is 0 Å². The largest absolute Gasteiger partial charge is 0.480 e. The van der Waals surface area contributed by atoms with Gasteiger partial charge in [-0.15, -0.1) is 0 Å². The van der Waals surface area contributed by atoms with Crippen molar-refractivity contribution in [2.45, 2.75) is 25.3 Å². The van der Waals surface area contributed by atoms with Crippen molar-refractivity contribution < 1.29 is 28.3 Å². The molecule has 0 saturated heterocycles. The van der Waals surface area contributed by atoms with Gasteiger partial charge in [-0.1, -0.05) is 6.07 Å². The van der Waals surface area contributed by atoms with E-state index in [4.69, 9.17) is 10.8 Å². The molecule has 21 heavy (non-hydrogen) atoms. The second-order valence-corrected chi connectivity index (χ2v) is 4.34. The minimum absolute atomic E-state index is 0.198. The first-order chi connectivity index (χ1) is 9.81. The molecule has 0 aliphatic rings. The standard InChI is InChI=1S/C13H14F2N2O4/c14-8-2-1-3-9(15)7(8)6-12(19)17-10(13(20)21)4-5-11(16)18/h1-3,10H,4-6H2,(H2,16,18)(H,17,19)(H,20,21)/t10-/m1/s1. The van der Waals surface area contributed by atoms with Crippen molar-refractivity contribution in [3.05, 3.63) is 35.4 Å². The van der Waals surface area contributed by atoms with E-state index in [9.17, 15) is 23.2 Å². The molecule has 0 bridgehead atoms. The van der Waals surface area contributed by atoms with Crippen LogP contribution in [0.4, 0.5) is 8.78 Å². The number of amides is 2. The van der Waals surface area contributed by atoms with Gasteiger partial charge >= 0.3 is 5.97 Å². The molecule has 0 radical (unpaired) electrons. The number of nitrogens with one attached hydrogen (secondary N) is 1. The van der Waals surface area contributed by atoms with Crippen LogP contribution in [-0.4, -0.2) is 28.9 Å². The van der Waals surface area contributed by atoms with Crippen LogP contribution in [0.25, 0.3) is 0 Å². The summed E-state index contributed by atoms with van der Waals surface area (Å²) in [6.07, 6.45) is -1.07. The van der Waals surface area contributed by atoms with E-state index in [1.165, 1.54) is 0 Å². The average molecular weight is 300 g/mol. The van der Waals surface area contributed by atoms with Gasteiger partial charge < -0.3 is 16.2 Å². The van der Waals surface area contributed by atoms with Crippen LogP contribution in [-0.2, 0) is 20.8 Å². The zero-order valence-corrected chi connectivity index (χ0v) is 10.9. The minimum Gasteiger partial charge on any atom is -0.480 e. The van der Waals surface area contributed by atoms with E-state index in [-0.39, 0.29) is 12.8 Å². The van der Waals surface area contributed by atoms with E-state index < -0.39 is 47.4 Å². The van der Waals surface area contributed by atoms with E-state index in [1.807, 2.05) is 0 Å². The van der Waals surface area contributed by atoms with Gasteiger partial charge in [0.25, 0.3) is 0 Å². The highest BCUT2D eigenvalue weighted by atomic mass is 19.1. The Labute approximate surface area is 118 Å². The summed E-state index contributed by atoms with van der Waals surface area (Å²) in [5.41, 5.74) is 4.44. The van der Waals surface area contributed by atoms with Gasteiger partial charge in [0, 0.05) is 12.0 Å². The summed E-state index contributed by atoms with van der Waals surface area (Å²) in [5.74, 6) is -4.73. The number of aliphatic carboxylic acids is 1. The van der Waals surface area contributed by atoms with Crippen molar-refractivity contribution in [3.63, 3.8) is 0 Å². The smallest absolute Gasteiger partial charge is 0.326 e. The van der Waals surface area contributed by atoms with Crippen LogP contribution in [0.5, 0.6) is 0 Å². The zero-order chi connectivity index (χ0) is 16.0. The molecular formula is C13H14F2N2O4. The van der Waals surface area contributed by atoms with E-state index in [0.717, 1.165) is 18.2 Å². The van der Waals surface area contributed by atoms with Crippen molar-refractivity contribution in [3.8, 4) is 0 Å². The maximum Gasteiger partial charge on any atom is 0.326 e. The maximum absolute atomic E-state index is 13.4. The van der Waals surface area contributed by atoms with Gasteiger partial charge in [0.05, 0.1) is 6.42 Å². The van der Waals surface area contributed by atoms with E-state index in [1.54, 1.807) is 0 Å². The fraction of sp³-hybridized carbons (Fsp3) is 0.308. The number of carbonyl (C=O) groups is 3. The Morgan fingerprint density at radius 1 is 1.24 bits per heavy atom. The molecule has 0 unspecified atom stereocenters. The number of hydrogen-bond donors (Lipinski definition) is 3. The molecule has 114 valence electrons. The number of primary amides is 1. The van der Waals surface area contributed by atoms with Crippen LogP contribution < -0.4 is 11.1 Å². The number of carboxylic acid groups (broad SMARTS) is 1. The van der Waals surface area contributed by atoms with Crippen LogP contribution in [0.15, 0.2) is 18.2 Å². The number of hydrogen-bond acceptors (Lipinski definition) is 3. The van der Waals surface area contributed by atoms with Crippen molar-refractivity contribution in [1.29, 1.82) is 0 Å². The monoisotopic (exact) mass is 300 g/mol. The highest BCUT2D eigenvalue weighted by molar-refractivity contribution is 5.85. The van der Waals surface area contributed by atoms with Crippen molar-refractivity contribution in [2.75, 3.05) is 0 Å². The van der Waals surface area contributed by atoms with Gasteiger partial charge in [0.1, 0.15) is 17.7 Å². The van der Waals surface area contributed by atoms with E-state index in [0.29, 0.717) is 0 Å². The molecule has 6 nitrogen and oxygen atoms in total. The summed E-state index contributed by atoms with van der Waals surface area (Å²) in [6.45, 7) is 0. The third kappa shape index (κ3) is 5.17. The van der Waals surface area contributed by atoms with Crippen LogP contribution in [0.2, 0.25) is 0 Å². The fourth-order valence-electron chi connectivity index (χ4n) is 1.65. The maximum atomic E-state index is 13.4. The molecule has 1 aromatic rings. The Hall–Kier alpha value is -2.51. The van der Waals surface area contributed by atoms with Crippen LogP contribution >= 0.6 is 0 Å². The van der Waals surface area contributed by atoms with Gasteiger partial charge in [-0.2, -0.15) is 0 Å². The predicted octanol–water partition coefficient (Wildman–Crippen LogP) is 0.342. The molecule has 0 fully saturated rings. The summed E-state index contributed by atoms with van der Waals surface area (Å²) in [4.78, 5) is 33.2. The Morgan fingerprint density at radius 2 is 1.81 bits per heavy atom. The molecule has 2 amide bonds. The van der Waals surface area contributed by atoms with Gasteiger partial charge in [-0.05, 0) is 18.6 Å². The molecule has 1 aromatic carbocycles. The molecule has 0 aliphatic carbocycles. The first-order valence-corrected chi connectivity index (χ1v) is 6.04. The quantitative estimate of drug-likeness (QED) is 0.674. The van der Waals surface area contributed by atoms with Crippen LogP contribution in [0.1, 0.15) is 18.4 Å². The number of halogens is 2. The summed E-state index contributed by atoms with van der Waals surface area (Å²) < 4.78 is 26.7. The van der Waals surface area contributed by atoms with Crippen LogP contribution in [0, 0.1) is 11.6 Å². The highest BCUT2D eigenvalue weighted by Gasteiger charge is 2.22. The van der Waals surface area contributed by atoms with Crippen molar-refractivity contribution in [1.82, 2.24) is 5.32 Å². The predicted molar refractivity (Wildman–Crippen MR) is 68.1 cm³/mol. The molecule has 1 rings (SSSR count). The molecule has 0 saturated carbocycles. The van der Waals surface area contributed by atoms with Crippen molar-refractivity contribution in [2.24, 2.45) is 5.73 Å². The molecule has 1 atom stereocenters. The third-order valence-electron chi connectivity index (χ3n) is 2.71. The summed E-state index contributed by atoms with van der Waals surface area (Å²) >= 11 is 0. The van der Waals surface area contributed by atoms with Crippen LogP contribution in [0.3, 0.4) is 0 Å². The number of carboxylic acids is 1. The lowest BCUT2D eigenvalue weighted by molar-refractivity contribution is -0.142. The lowest BCUT2D eigenvalue weighted by Crippen LogP contribution is -2.42. The number of benzene rings is 1. The van der Waals surface area contributed by atoms with Gasteiger partial charge in [-0.25, -0.2) is 13.6 Å². The second-order valence-electron chi connectivity index (χ2n) is 4.34. The van der Waals surface area contributed by atoms with Gasteiger partial charge in [0.15, 0.2) is 0 Å². The Kier molecular flexibility index (Phi) is 5.77. The second kappa shape index (κ2) is 7.32. The fourth-order valence-corrected chi connectivity index (χ4v) is 1.65. The average Bonchev–Trinajstić information content (AvgIpc) is 2.38. The highest BCUT2D eigenvalue weighted by Crippen LogP contribution is 2.12. The Bertz CT molecular complexity index is 543. The Morgan fingerprint density at radius 3 is 2.29 bits per heavy atom. The first-order valence-electron chi connectivity index (χ1n) is 6.04.